The molecule has 1 aliphatic carbocycles. The van der Waals surface area contributed by atoms with Crippen molar-refractivity contribution in [1.29, 1.82) is 0 Å². The Balaban J connectivity index is 1.66. The molecule has 7 heteroatoms. The summed E-state index contributed by atoms with van der Waals surface area (Å²) in [4.78, 5) is 36.2. The van der Waals surface area contributed by atoms with Crippen LogP contribution >= 0.6 is 0 Å². The molecule has 3 N–H and O–H groups in total. The lowest BCUT2D eigenvalue weighted by Gasteiger charge is -2.36. The van der Waals surface area contributed by atoms with Gasteiger partial charge in [0.1, 0.15) is 11.3 Å². The van der Waals surface area contributed by atoms with Crippen molar-refractivity contribution < 1.29 is 24.2 Å². The van der Waals surface area contributed by atoms with Gasteiger partial charge in [-0.15, -0.1) is 0 Å². The van der Waals surface area contributed by atoms with Crippen molar-refractivity contribution in [3.8, 4) is 5.75 Å². The van der Waals surface area contributed by atoms with Crippen LogP contribution in [-0.2, 0) is 14.4 Å². The summed E-state index contributed by atoms with van der Waals surface area (Å²) in [5.41, 5.74) is -0.681. The Hall–Kier alpha value is -2.57. The lowest BCUT2D eigenvalue weighted by molar-refractivity contribution is -0.150. The molecule has 0 radical (unpaired) electrons. The molecule has 1 saturated carbocycles. The maximum Gasteiger partial charge on any atom is 0.329 e. The minimum absolute atomic E-state index is 0.218. The molecule has 2 aliphatic rings. The number of hydrogen-bond acceptors (Lipinski definition) is 4. The average molecular weight is 346 g/mol. The fourth-order valence-corrected chi connectivity index (χ4v) is 3.36. The number of anilines is 1. The summed E-state index contributed by atoms with van der Waals surface area (Å²) < 4.78 is 5.59. The third-order valence-electron chi connectivity index (χ3n) is 4.99. The maximum absolute atomic E-state index is 12.4. The van der Waals surface area contributed by atoms with Gasteiger partial charge in [0.05, 0.1) is 12.1 Å². The predicted octanol–water partition coefficient (Wildman–Crippen LogP) is 1.93. The minimum atomic E-state index is -1.24. The first-order valence-electron chi connectivity index (χ1n) is 8.50. The van der Waals surface area contributed by atoms with Crippen LogP contribution in [0.3, 0.4) is 0 Å². The van der Waals surface area contributed by atoms with Gasteiger partial charge >= 0.3 is 5.97 Å². The Bertz CT molecular complexity index is 694. The van der Waals surface area contributed by atoms with E-state index in [-0.39, 0.29) is 6.42 Å². The van der Waals surface area contributed by atoms with Crippen molar-refractivity contribution in [2.75, 3.05) is 5.32 Å². The van der Waals surface area contributed by atoms with Crippen LogP contribution in [0.15, 0.2) is 24.3 Å². The van der Waals surface area contributed by atoms with Gasteiger partial charge in [-0.3, -0.25) is 9.59 Å². The van der Waals surface area contributed by atoms with Gasteiger partial charge in [-0.1, -0.05) is 19.1 Å². The van der Waals surface area contributed by atoms with Crippen LogP contribution in [0.25, 0.3) is 0 Å². The molecule has 1 atom stereocenters. The van der Waals surface area contributed by atoms with E-state index in [9.17, 15) is 19.5 Å². The molecule has 1 aliphatic heterocycles. The molecular weight excluding hydrogens is 324 g/mol. The molecule has 1 fully saturated rings. The third-order valence-corrected chi connectivity index (χ3v) is 4.99. The number of amides is 2. The summed E-state index contributed by atoms with van der Waals surface area (Å²) in [5.74, 6) is -0.966. The van der Waals surface area contributed by atoms with Crippen LogP contribution < -0.4 is 15.4 Å². The van der Waals surface area contributed by atoms with Crippen LogP contribution in [0.5, 0.6) is 5.75 Å². The zero-order chi connectivity index (χ0) is 18.0. The molecule has 1 aromatic rings. The van der Waals surface area contributed by atoms with E-state index in [2.05, 4.69) is 17.6 Å². The SMILES string of the molecule is CC1CCC(NC(=O)CC2Oc3ccccc3NC2=O)(C(=O)O)CC1. The first-order valence-corrected chi connectivity index (χ1v) is 8.50. The number of ether oxygens (including phenoxy) is 1. The number of nitrogens with one attached hydrogen (secondary N) is 2. The highest BCUT2D eigenvalue weighted by molar-refractivity contribution is 6.00. The van der Waals surface area contributed by atoms with E-state index in [0.717, 1.165) is 12.8 Å². The van der Waals surface area contributed by atoms with E-state index >= 15 is 0 Å². The van der Waals surface area contributed by atoms with E-state index < -0.39 is 29.4 Å². The van der Waals surface area contributed by atoms with Gasteiger partial charge in [0.15, 0.2) is 6.10 Å². The molecule has 1 unspecified atom stereocenters. The van der Waals surface area contributed by atoms with Gasteiger partial charge in [0.25, 0.3) is 5.91 Å². The molecule has 1 aromatic carbocycles. The summed E-state index contributed by atoms with van der Waals surface area (Å²) in [7, 11) is 0. The Labute approximate surface area is 145 Å². The molecule has 25 heavy (non-hydrogen) atoms. The number of rotatable bonds is 4. The largest absolute Gasteiger partial charge is 0.480 e. The van der Waals surface area contributed by atoms with Crippen LogP contribution in [0.2, 0.25) is 0 Å². The van der Waals surface area contributed by atoms with Crippen LogP contribution in [-0.4, -0.2) is 34.5 Å². The summed E-state index contributed by atoms with van der Waals surface area (Å²) in [6.45, 7) is 2.07. The Morgan fingerprint density at radius 2 is 2.00 bits per heavy atom. The van der Waals surface area contributed by atoms with Crippen molar-refractivity contribution in [2.24, 2.45) is 5.92 Å². The maximum atomic E-state index is 12.4. The smallest absolute Gasteiger partial charge is 0.329 e. The molecular formula is C18H22N2O5. The number of aliphatic carboxylic acids is 1. The van der Waals surface area contributed by atoms with Crippen LogP contribution in [0, 0.1) is 5.92 Å². The topological polar surface area (TPSA) is 105 Å². The number of carboxylic acids is 1. The Morgan fingerprint density at radius 3 is 2.68 bits per heavy atom. The van der Waals surface area contributed by atoms with Gasteiger partial charge < -0.3 is 20.5 Å². The lowest BCUT2D eigenvalue weighted by Crippen LogP contribution is -2.57. The lowest BCUT2D eigenvalue weighted by atomic mass is 9.77. The first kappa shape index (κ1) is 17.3. The highest BCUT2D eigenvalue weighted by atomic mass is 16.5. The van der Waals surface area contributed by atoms with Gasteiger partial charge in [-0.25, -0.2) is 4.79 Å². The van der Waals surface area contributed by atoms with E-state index in [4.69, 9.17) is 4.74 Å². The second-order valence-electron chi connectivity index (χ2n) is 6.91. The highest BCUT2D eigenvalue weighted by Gasteiger charge is 2.43. The minimum Gasteiger partial charge on any atom is -0.480 e. The van der Waals surface area contributed by atoms with E-state index in [0.29, 0.717) is 30.2 Å². The van der Waals surface area contributed by atoms with Crippen LogP contribution in [0.1, 0.15) is 39.0 Å². The second-order valence-corrected chi connectivity index (χ2v) is 6.91. The van der Waals surface area contributed by atoms with Gasteiger partial charge in [0.2, 0.25) is 5.91 Å². The number of carboxylic acid groups (broad SMARTS) is 1. The number of carbonyl (C=O) groups is 3. The van der Waals surface area contributed by atoms with E-state index in [1.165, 1.54) is 0 Å². The Morgan fingerprint density at radius 1 is 1.32 bits per heavy atom. The third kappa shape index (κ3) is 3.60. The molecule has 1 heterocycles. The van der Waals surface area contributed by atoms with Gasteiger partial charge in [0, 0.05) is 0 Å². The standard InChI is InChI=1S/C18H22N2O5/c1-11-6-8-18(9-7-11,17(23)24)20-15(21)10-14-16(22)19-12-4-2-3-5-13(12)25-14/h2-5,11,14H,6-10H2,1H3,(H,19,22)(H,20,21)(H,23,24). The monoisotopic (exact) mass is 346 g/mol. The number of para-hydroxylation sites is 2. The van der Waals surface area contributed by atoms with Crippen molar-refractivity contribution in [3.05, 3.63) is 24.3 Å². The van der Waals surface area contributed by atoms with Crippen molar-refractivity contribution >= 4 is 23.5 Å². The molecule has 0 saturated heterocycles. The van der Waals surface area contributed by atoms with Crippen molar-refractivity contribution in [2.45, 2.75) is 50.7 Å². The zero-order valence-corrected chi connectivity index (χ0v) is 14.1. The molecule has 3 rings (SSSR count). The number of carbonyl (C=O) groups excluding carboxylic acids is 2. The van der Waals surface area contributed by atoms with Crippen molar-refractivity contribution in [1.82, 2.24) is 5.32 Å². The quantitative estimate of drug-likeness (QED) is 0.773. The van der Waals surface area contributed by atoms with Crippen LogP contribution in [0.4, 0.5) is 5.69 Å². The summed E-state index contributed by atoms with van der Waals surface area (Å²) >= 11 is 0. The summed E-state index contributed by atoms with van der Waals surface area (Å²) in [6.07, 6.45) is 1.11. The highest BCUT2D eigenvalue weighted by Crippen LogP contribution is 2.33. The summed E-state index contributed by atoms with van der Waals surface area (Å²) in [6, 6.07) is 6.97. The summed E-state index contributed by atoms with van der Waals surface area (Å²) in [5, 5.41) is 14.9. The number of hydrogen-bond donors (Lipinski definition) is 3. The normalized spacial score (nSPS) is 28.3. The first-order chi connectivity index (χ1) is 11.9. The zero-order valence-electron chi connectivity index (χ0n) is 14.1. The number of benzene rings is 1. The van der Waals surface area contributed by atoms with Gasteiger partial charge in [-0.2, -0.15) is 0 Å². The predicted molar refractivity (Wildman–Crippen MR) is 90.2 cm³/mol. The second kappa shape index (κ2) is 6.74. The van der Waals surface area contributed by atoms with Crippen molar-refractivity contribution in [3.63, 3.8) is 0 Å². The Kier molecular flexibility index (Phi) is 4.65. The number of fused-ring (bicyclic) bond motifs is 1. The molecule has 0 aromatic heterocycles. The van der Waals surface area contributed by atoms with E-state index in [1.54, 1.807) is 24.3 Å². The fourth-order valence-electron chi connectivity index (χ4n) is 3.36. The average Bonchev–Trinajstić information content (AvgIpc) is 2.57. The molecule has 0 spiro atoms. The molecule has 134 valence electrons. The molecule has 2 amide bonds. The van der Waals surface area contributed by atoms with Gasteiger partial charge in [-0.05, 0) is 43.7 Å². The van der Waals surface area contributed by atoms with E-state index in [1.807, 2.05) is 0 Å². The molecule has 7 nitrogen and oxygen atoms in total. The fraction of sp³-hybridized carbons (Fsp3) is 0.500. The molecule has 0 bridgehead atoms.